The van der Waals surface area contributed by atoms with Gasteiger partial charge in [-0.25, -0.2) is 13.1 Å². The first-order valence-corrected chi connectivity index (χ1v) is 17.5. The van der Waals surface area contributed by atoms with Gasteiger partial charge in [-0.05, 0) is 68.7 Å². The van der Waals surface area contributed by atoms with E-state index in [1.54, 1.807) is 54.6 Å². The molecule has 3 rings (SSSR count). The van der Waals surface area contributed by atoms with E-state index >= 15 is 0 Å². The zero-order chi connectivity index (χ0) is 34.3. The Bertz CT molecular complexity index is 1630. The summed E-state index contributed by atoms with van der Waals surface area (Å²) in [5, 5.41) is 17.0. The highest BCUT2D eigenvalue weighted by Crippen LogP contribution is 2.29. The summed E-state index contributed by atoms with van der Waals surface area (Å²) in [6.45, 7) is 5.50. The van der Waals surface area contributed by atoms with Gasteiger partial charge in [-0.1, -0.05) is 48.5 Å². The molecule has 14 heteroatoms. The van der Waals surface area contributed by atoms with Gasteiger partial charge in [0.25, 0.3) is 5.91 Å². The Kier molecular flexibility index (Phi) is 12.3. The average molecular weight is 682 g/mol. The minimum Gasteiger partial charge on any atom is -0.391 e. The molecule has 0 spiro atoms. The summed E-state index contributed by atoms with van der Waals surface area (Å²) in [5.74, 6) is -1.83. The largest absolute Gasteiger partial charge is 0.416 e. The van der Waals surface area contributed by atoms with Gasteiger partial charge >= 0.3 is 6.18 Å². The van der Waals surface area contributed by atoms with Crippen molar-refractivity contribution in [3.8, 4) is 0 Å². The predicted molar refractivity (Wildman–Crippen MR) is 170 cm³/mol. The van der Waals surface area contributed by atoms with Gasteiger partial charge in [0.1, 0.15) is 6.04 Å². The lowest BCUT2D eigenvalue weighted by Crippen LogP contribution is -2.55. The molecule has 4 N–H and O–H groups in total. The van der Waals surface area contributed by atoms with E-state index in [1.165, 1.54) is 0 Å². The molecule has 0 aliphatic carbocycles. The smallest absolute Gasteiger partial charge is 0.391 e. The fraction of sp³-hybridized carbons (Fsp3) is 0.375. The molecule has 9 nitrogen and oxygen atoms in total. The lowest BCUT2D eigenvalue weighted by atomic mass is 9.93. The molecule has 0 saturated heterocycles. The summed E-state index contributed by atoms with van der Waals surface area (Å²) in [6.07, 6.45) is -4.98. The van der Waals surface area contributed by atoms with Crippen molar-refractivity contribution in [2.75, 3.05) is 12.0 Å². The number of aliphatic hydroxyl groups is 1. The quantitative estimate of drug-likeness (QED) is 0.217. The first-order valence-electron chi connectivity index (χ1n) is 14.3. The maximum Gasteiger partial charge on any atom is 0.416 e. The fourth-order valence-corrected chi connectivity index (χ4v) is 6.58. The normalized spacial score (nSPS) is 15.0. The van der Waals surface area contributed by atoms with Crippen molar-refractivity contribution in [1.82, 2.24) is 15.4 Å². The molecule has 1 unspecified atom stereocenters. The van der Waals surface area contributed by atoms with Crippen LogP contribution in [0.5, 0.6) is 0 Å². The SMILES string of the molecule is CC(C)(C)NC(=O)c1ccccc1C[C@@H](O)[C@H](Cc1ccccc1)NC(=O)[C@H](CS(=O)c1ccc(C(F)(F)F)cc1)NS(C)(=O)=O. The Morgan fingerprint density at radius 3 is 2.04 bits per heavy atom. The van der Waals surface area contributed by atoms with Crippen molar-refractivity contribution in [2.45, 2.75) is 68.4 Å². The molecular weight excluding hydrogens is 643 g/mol. The van der Waals surface area contributed by atoms with E-state index in [0.29, 0.717) is 11.1 Å². The van der Waals surface area contributed by atoms with Crippen LogP contribution in [0.3, 0.4) is 0 Å². The van der Waals surface area contributed by atoms with Gasteiger partial charge in [-0.2, -0.15) is 13.2 Å². The molecule has 0 saturated carbocycles. The Morgan fingerprint density at radius 2 is 1.48 bits per heavy atom. The number of hydrogen-bond acceptors (Lipinski definition) is 6. The molecule has 250 valence electrons. The van der Waals surface area contributed by atoms with Crippen molar-refractivity contribution in [3.05, 3.63) is 101 Å². The molecule has 0 bridgehead atoms. The monoisotopic (exact) mass is 681 g/mol. The minimum absolute atomic E-state index is 0.0351. The summed E-state index contributed by atoms with van der Waals surface area (Å²) < 4.78 is 78.5. The molecule has 0 radical (unpaired) electrons. The minimum atomic E-state index is -4.61. The van der Waals surface area contributed by atoms with Gasteiger partial charge in [-0.3, -0.25) is 13.8 Å². The fourth-order valence-electron chi connectivity index (χ4n) is 4.59. The Balaban J connectivity index is 1.88. The second-order valence-electron chi connectivity index (χ2n) is 11.9. The number of amides is 2. The Labute approximate surface area is 269 Å². The van der Waals surface area contributed by atoms with Crippen molar-refractivity contribution < 1.29 is 40.5 Å². The predicted octanol–water partition coefficient (Wildman–Crippen LogP) is 3.59. The average Bonchev–Trinajstić information content (AvgIpc) is 2.95. The number of carbonyl (C=O) groups excluding carboxylic acids is 2. The molecule has 2 amide bonds. The number of sulfonamides is 1. The van der Waals surface area contributed by atoms with E-state index in [0.717, 1.165) is 36.1 Å². The lowest BCUT2D eigenvalue weighted by molar-refractivity contribution is -0.137. The van der Waals surface area contributed by atoms with Gasteiger partial charge in [0.05, 0.1) is 40.5 Å². The third-order valence-electron chi connectivity index (χ3n) is 6.71. The summed E-state index contributed by atoms with van der Waals surface area (Å²) in [6, 6.07) is 16.5. The lowest BCUT2D eigenvalue weighted by Gasteiger charge is -2.28. The van der Waals surface area contributed by atoms with E-state index in [1.807, 2.05) is 20.8 Å². The Hall–Kier alpha value is -3.59. The van der Waals surface area contributed by atoms with Crippen LogP contribution in [0.15, 0.2) is 83.8 Å². The van der Waals surface area contributed by atoms with Gasteiger partial charge in [0.15, 0.2) is 0 Å². The first-order chi connectivity index (χ1) is 21.3. The van der Waals surface area contributed by atoms with E-state index in [9.17, 15) is 40.5 Å². The van der Waals surface area contributed by atoms with Gasteiger partial charge in [0.2, 0.25) is 15.9 Å². The molecule has 0 aromatic heterocycles. The van der Waals surface area contributed by atoms with E-state index in [2.05, 4.69) is 15.4 Å². The Morgan fingerprint density at radius 1 is 0.891 bits per heavy atom. The highest BCUT2D eigenvalue weighted by molar-refractivity contribution is 7.89. The maximum atomic E-state index is 13.6. The number of benzene rings is 3. The van der Waals surface area contributed by atoms with E-state index < -0.39 is 67.9 Å². The van der Waals surface area contributed by atoms with Crippen molar-refractivity contribution in [1.29, 1.82) is 0 Å². The number of hydrogen-bond donors (Lipinski definition) is 4. The summed E-state index contributed by atoms with van der Waals surface area (Å²) >= 11 is 0. The molecule has 3 aromatic carbocycles. The van der Waals surface area contributed by atoms with Crippen LogP contribution in [-0.4, -0.2) is 65.3 Å². The second kappa shape index (κ2) is 15.3. The van der Waals surface area contributed by atoms with Crippen LogP contribution < -0.4 is 15.4 Å². The maximum absolute atomic E-state index is 13.6. The van der Waals surface area contributed by atoms with Crippen LogP contribution >= 0.6 is 0 Å². The van der Waals surface area contributed by atoms with Crippen LogP contribution in [0.2, 0.25) is 0 Å². The van der Waals surface area contributed by atoms with Crippen LogP contribution in [0.25, 0.3) is 0 Å². The second-order valence-corrected chi connectivity index (χ2v) is 15.2. The highest BCUT2D eigenvalue weighted by Gasteiger charge is 2.32. The molecule has 46 heavy (non-hydrogen) atoms. The third kappa shape index (κ3) is 11.6. The standard InChI is InChI=1S/C32H38F3N3O6S2/c1-31(2,3)37-29(40)25-13-9-8-12-22(25)19-28(39)26(18-21-10-6-5-7-11-21)36-30(41)27(38-46(4,43)44)20-45(42)24-16-14-23(15-17-24)32(33,34)35/h5-17,26-28,38-39H,18-20H2,1-4H3,(H,36,41)(H,37,40)/t26-,27-,28+,45?/m0/s1. The molecule has 0 aliphatic heterocycles. The summed E-state index contributed by atoms with van der Waals surface area (Å²) in [7, 11) is -6.09. The molecule has 0 aliphatic rings. The van der Waals surface area contributed by atoms with Crippen LogP contribution in [0.4, 0.5) is 13.2 Å². The molecule has 0 fully saturated rings. The zero-order valence-corrected chi connectivity index (χ0v) is 27.4. The van der Waals surface area contributed by atoms with Crippen LogP contribution in [-0.2, 0) is 44.6 Å². The number of alkyl halides is 3. The number of aliphatic hydroxyl groups excluding tert-OH is 1. The van der Waals surface area contributed by atoms with Gasteiger partial charge in [-0.15, -0.1) is 0 Å². The third-order valence-corrected chi connectivity index (χ3v) is 8.85. The van der Waals surface area contributed by atoms with Crippen LogP contribution in [0.1, 0.15) is 47.8 Å². The zero-order valence-electron chi connectivity index (χ0n) is 25.8. The molecule has 3 aromatic rings. The van der Waals surface area contributed by atoms with Gasteiger partial charge < -0.3 is 15.7 Å². The number of rotatable bonds is 13. The van der Waals surface area contributed by atoms with E-state index in [4.69, 9.17) is 0 Å². The first kappa shape index (κ1) is 36.9. The van der Waals surface area contributed by atoms with E-state index in [-0.39, 0.29) is 23.6 Å². The number of halogens is 3. The van der Waals surface area contributed by atoms with Gasteiger partial charge in [0, 0.05) is 22.4 Å². The summed E-state index contributed by atoms with van der Waals surface area (Å²) in [5.41, 5.74) is 0.121. The summed E-state index contributed by atoms with van der Waals surface area (Å²) in [4.78, 5) is 26.5. The molecule has 4 atom stereocenters. The topological polar surface area (TPSA) is 142 Å². The van der Waals surface area contributed by atoms with Crippen molar-refractivity contribution >= 4 is 32.6 Å². The van der Waals surface area contributed by atoms with Crippen molar-refractivity contribution in [3.63, 3.8) is 0 Å². The highest BCUT2D eigenvalue weighted by atomic mass is 32.2. The molecular formula is C32H38F3N3O6S2. The van der Waals surface area contributed by atoms with Crippen LogP contribution in [0, 0.1) is 0 Å². The number of carbonyl (C=O) groups is 2. The molecule has 0 heterocycles. The van der Waals surface area contributed by atoms with Crippen molar-refractivity contribution in [2.24, 2.45) is 0 Å². The number of nitrogens with one attached hydrogen (secondary N) is 3.